The number of carbonyl (C=O) groups excluding carboxylic acids is 2. The number of halogens is 1. The number of hydrazone groups is 1. The van der Waals surface area contributed by atoms with Gasteiger partial charge in [-0.25, -0.2) is 9.82 Å². The SMILES string of the molecule is Cc1ccc2c(CC(=O)N/N=C3\CCCc4oc(C(=O)Nc5ccccc5F)c(C)c43)coc2c1C. The first-order chi connectivity index (χ1) is 17.3. The Morgan fingerprint density at radius 3 is 2.67 bits per heavy atom. The van der Waals surface area contributed by atoms with Crippen molar-refractivity contribution < 1.29 is 22.8 Å². The molecule has 0 unspecified atom stereocenters. The van der Waals surface area contributed by atoms with E-state index in [1.54, 1.807) is 25.3 Å². The summed E-state index contributed by atoms with van der Waals surface area (Å²) in [5.74, 6) is -0.584. The van der Waals surface area contributed by atoms with Gasteiger partial charge in [0, 0.05) is 28.5 Å². The van der Waals surface area contributed by atoms with Crippen molar-refractivity contribution in [2.45, 2.75) is 46.5 Å². The molecule has 0 aliphatic heterocycles. The minimum absolute atomic E-state index is 0.0783. The van der Waals surface area contributed by atoms with Crippen LogP contribution in [0.25, 0.3) is 11.0 Å². The summed E-state index contributed by atoms with van der Waals surface area (Å²) in [6.45, 7) is 5.78. The van der Waals surface area contributed by atoms with Crippen LogP contribution in [-0.4, -0.2) is 17.5 Å². The number of rotatable bonds is 5. The summed E-state index contributed by atoms with van der Waals surface area (Å²) in [7, 11) is 0. The van der Waals surface area contributed by atoms with Gasteiger partial charge in [-0.2, -0.15) is 5.10 Å². The molecule has 7 nitrogen and oxygen atoms in total. The fraction of sp³-hybridized carbons (Fsp3) is 0.250. The number of para-hydroxylation sites is 1. The minimum atomic E-state index is -0.534. The molecule has 1 aliphatic carbocycles. The maximum absolute atomic E-state index is 14.0. The summed E-state index contributed by atoms with van der Waals surface area (Å²) in [6, 6.07) is 9.93. The summed E-state index contributed by atoms with van der Waals surface area (Å²) in [5, 5.41) is 7.86. The van der Waals surface area contributed by atoms with E-state index in [-0.39, 0.29) is 23.8 Å². The molecule has 8 heteroatoms. The van der Waals surface area contributed by atoms with Gasteiger partial charge in [0.1, 0.15) is 17.2 Å². The molecule has 0 atom stereocenters. The third kappa shape index (κ3) is 4.30. The lowest BCUT2D eigenvalue weighted by Crippen LogP contribution is -2.23. The number of hydrogen-bond acceptors (Lipinski definition) is 5. The number of anilines is 1. The Morgan fingerprint density at radius 1 is 1.06 bits per heavy atom. The summed E-state index contributed by atoms with van der Waals surface area (Å²) in [6.07, 6.45) is 3.79. The number of furan rings is 2. The highest BCUT2D eigenvalue weighted by molar-refractivity contribution is 6.09. The van der Waals surface area contributed by atoms with Crippen LogP contribution in [0.15, 0.2) is 56.6 Å². The molecule has 2 aromatic heterocycles. The smallest absolute Gasteiger partial charge is 0.291 e. The Kier molecular flexibility index (Phi) is 6.18. The summed E-state index contributed by atoms with van der Waals surface area (Å²) in [5.41, 5.74) is 8.48. The first-order valence-electron chi connectivity index (χ1n) is 11.8. The second kappa shape index (κ2) is 9.45. The van der Waals surface area contributed by atoms with E-state index in [9.17, 15) is 14.0 Å². The predicted molar refractivity (Wildman–Crippen MR) is 135 cm³/mol. The number of nitrogens with one attached hydrogen (secondary N) is 2. The van der Waals surface area contributed by atoms with E-state index < -0.39 is 11.7 Å². The van der Waals surface area contributed by atoms with E-state index >= 15 is 0 Å². The third-order valence-electron chi connectivity index (χ3n) is 6.66. The quantitative estimate of drug-likeness (QED) is 0.351. The van der Waals surface area contributed by atoms with Crippen LogP contribution >= 0.6 is 0 Å². The second-order valence-corrected chi connectivity index (χ2v) is 9.06. The molecule has 0 radical (unpaired) electrons. The van der Waals surface area contributed by atoms with Crippen LogP contribution in [0.1, 0.15) is 57.0 Å². The standard InChI is InChI=1S/C28H26FN3O4/c1-15-11-12-19-18(14-35-26(19)16(15)2)13-24(33)32-31-22-9-6-10-23-25(22)17(3)27(36-23)28(34)30-21-8-5-4-7-20(21)29/h4-5,7-8,11-12,14H,6,9-10,13H2,1-3H3,(H,30,34)(H,32,33)/b31-22+. The molecule has 2 heterocycles. The van der Waals surface area contributed by atoms with Crippen molar-refractivity contribution in [1.82, 2.24) is 5.43 Å². The number of aryl methyl sites for hydroxylation is 3. The van der Waals surface area contributed by atoms with E-state index in [1.807, 2.05) is 26.0 Å². The summed E-state index contributed by atoms with van der Waals surface area (Å²) >= 11 is 0. The molecule has 2 N–H and O–H groups in total. The van der Waals surface area contributed by atoms with Crippen LogP contribution in [0, 0.1) is 26.6 Å². The number of amides is 2. The monoisotopic (exact) mass is 487 g/mol. The van der Waals surface area contributed by atoms with Crippen molar-refractivity contribution in [3.63, 3.8) is 0 Å². The molecule has 0 bridgehead atoms. The van der Waals surface area contributed by atoms with E-state index in [0.717, 1.165) is 39.6 Å². The Hall–Kier alpha value is -4.20. The largest absolute Gasteiger partial charge is 0.464 e. The minimum Gasteiger partial charge on any atom is -0.464 e. The van der Waals surface area contributed by atoms with Crippen LogP contribution in [0.3, 0.4) is 0 Å². The first-order valence-corrected chi connectivity index (χ1v) is 11.8. The Morgan fingerprint density at radius 2 is 1.86 bits per heavy atom. The summed E-state index contributed by atoms with van der Waals surface area (Å²) in [4.78, 5) is 25.5. The second-order valence-electron chi connectivity index (χ2n) is 9.06. The van der Waals surface area contributed by atoms with Gasteiger partial charge in [-0.05, 0) is 56.9 Å². The molecule has 0 saturated carbocycles. The molecule has 4 aromatic rings. The maximum atomic E-state index is 14.0. The maximum Gasteiger partial charge on any atom is 0.291 e. The number of hydrogen-bond donors (Lipinski definition) is 2. The highest BCUT2D eigenvalue weighted by Crippen LogP contribution is 2.31. The Bertz CT molecular complexity index is 1530. The van der Waals surface area contributed by atoms with Gasteiger partial charge in [-0.15, -0.1) is 0 Å². The van der Waals surface area contributed by atoms with Crippen LogP contribution in [0.4, 0.5) is 10.1 Å². The third-order valence-corrected chi connectivity index (χ3v) is 6.66. The number of nitrogens with zero attached hydrogens (tertiary/aromatic N) is 1. The van der Waals surface area contributed by atoms with Gasteiger partial charge in [0.05, 0.1) is 24.1 Å². The fourth-order valence-electron chi connectivity index (χ4n) is 4.61. The van der Waals surface area contributed by atoms with Gasteiger partial charge in [-0.1, -0.05) is 24.3 Å². The van der Waals surface area contributed by atoms with Crippen molar-refractivity contribution >= 4 is 34.2 Å². The zero-order valence-corrected chi connectivity index (χ0v) is 20.3. The zero-order chi connectivity index (χ0) is 25.4. The molecule has 2 aromatic carbocycles. The Labute approximate surface area is 207 Å². The lowest BCUT2D eigenvalue weighted by Gasteiger charge is -2.13. The predicted octanol–water partition coefficient (Wildman–Crippen LogP) is 5.74. The summed E-state index contributed by atoms with van der Waals surface area (Å²) < 4.78 is 25.5. The molecule has 0 fully saturated rings. The number of carbonyl (C=O) groups is 2. The normalized spacial score (nSPS) is 14.2. The van der Waals surface area contributed by atoms with Crippen molar-refractivity contribution in [2.24, 2.45) is 5.10 Å². The van der Waals surface area contributed by atoms with Gasteiger partial charge < -0.3 is 14.2 Å². The molecule has 0 saturated heterocycles. The molecule has 5 rings (SSSR count). The lowest BCUT2D eigenvalue weighted by atomic mass is 9.93. The fourth-order valence-corrected chi connectivity index (χ4v) is 4.61. The number of benzene rings is 2. The van der Waals surface area contributed by atoms with Crippen molar-refractivity contribution in [3.8, 4) is 0 Å². The highest BCUT2D eigenvalue weighted by atomic mass is 19.1. The zero-order valence-electron chi connectivity index (χ0n) is 20.3. The van der Waals surface area contributed by atoms with Crippen LogP contribution in [-0.2, 0) is 17.6 Å². The van der Waals surface area contributed by atoms with Gasteiger partial charge in [-0.3, -0.25) is 9.59 Å². The van der Waals surface area contributed by atoms with E-state index in [0.29, 0.717) is 29.9 Å². The van der Waals surface area contributed by atoms with Crippen molar-refractivity contribution in [3.05, 3.63) is 87.8 Å². The molecule has 184 valence electrons. The van der Waals surface area contributed by atoms with E-state index in [2.05, 4.69) is 15.8 Å². The molecule has 0 spiro atoms. The first kappa shape index (κ1) is 23.5. The van der Waals surface area contributed by atoms with Gasteiger partial charge in [0.25, 0.3) is 5.91 Å². The topological polar surface area (TPSA) is 96.8 Å². The Balaban J connectivity index is 1.34. The molecule has 1 aliphatic rings. The van der Waals surface area contributed by atoms with E-state index in [1.165, 1.54) is 12.1 Å². The number of fused-ring (bicyclic) bond motifs is 2. The van der Waals surface area contributed by atoms with E-state index in [4.69, 9.17) is 8.83 Å². The van der Waals surface area contributed by atoms with Gasteiger partial charge >= 0.3 is 0 Å². The van der Waals surface area contributed by atoms with Gasteiger partial charge in [0.2, 0.25) is 5.91 Å². The lowest BCUT2D eigenvalue weighted by molar-refractivity contribution is -0.120. The van der Waals surface area contributed by atoms with Crippen molar-refractivity contribution in [1.29, 1.82) is 0 Å². The molecular weight excluding hydrogens is 461 g/mol. The van der Waals surface area contributed by atoms with Gasteiger partial charge in [0.15, 0.2) is 5.76 Å². The van der Waals surface area contributed by atoms with Crippen molar-refractivity contribution in [2.75, 3.05) is 5.32 Å². The average Bonchev–Trinajstić information content (AvgIpc) is 3.43. The molecule has 36 heavy (non-hydrogen) atoms. The van der Waals surface area contributed by atoms with Crippen LogP contribution in [0.2, 0.25) is 0 Å². The van der Waals surface area contributed by atoms with Crippen LogP contribution in [0.5, 0.6) is 0 Å². The molecule has 2 amide bonds. The molecular formula is C28H26FN3O4. The van der Waals surface area contributed by atoms with Crippen LogP contribution < -0.4 is 10.7 Å². The average molecular weight is 488 g/mol. The highest BCUT2D eigenvalue weighted by Gasteiger charge is 2.28.